The van der Waals surface area contributed by atoms with Gasteiger partial charge in [-0.05, 0) is 18.6 Å². The highest BCUT2D eigenvalue weighted by atomic mass is 16.7. The summed E-state index contributed by atoms with van der Waals surface area (Å²) in [7, 11) is 1.11. The molecule has 15 heavy (non-hydrogen) atoms. The molecular weight excluding hydrogens is 202 g/mol. The van der Waals surface area contributed by atoms with E-state index >= 15 is 0 Å². The summed E-state index contributed by atoms with van der Waals surface area (Å²) in [5.41, 5.74) is 0.131. The van der Waals surface area contributed by atoms with Crippen LogP contribution in [0.5, 0.6) is 5.75 Å². The van der Waals surface area contributed by atoms with Crippen LogP contribution in [0.4, 0.5) is 10.5 Å². The van der Waals surface area contributed by atoms with Crippen molar-refractivity contribution in [2.24, 2.45) is 0 Å². The van der Waals surface area contributed by atoms with Crippen LogP contribution >= 0.6 is 0 Å². The molecule has 1 aromatic rings. The zero-order chi connectivity index (χ0) is 11.4. The fourth-order valence-electron chi connectivity index (χ4n) is 0.923. The molecule has 0 aliphatic carbocycles. The largest absolute Gasteiger partial charge is 0.513 e. The van der Waals surface area contributed by atoms with E-state index in [2.05, 4.69) is 16.4 Å². The first-order chi connectivity index (χ1) is 7.04. The summed E-state index contributed by atoms with van der Waals surface area (Å²) in [6, 6.07) is 3.99. The van der Waals surface area contributed by atoms with Crippen LogP contribution in [0.25, 0.3) is 0 Å². The SMILES string of the molecule is [CH2]c1ccc(OC(=O)OC)c([N+](=O)[O-])c1. The van der Waals surface area contributed by atoms with Gasteiger partial charge in [-0.25, -0.2) is 4.79 Å². The highest BCUT2D eigenvalue weighted by Crippen LogP contribution is 2.27. The van der Waals surface area contributed by atoms with Crippen LogP contribution in [0.2, 0.25) is 0 Å². The molecule has 1 rings (SSSR count). The molecular formula is C9H8NO5. The summed E-state index contributed by atoms with van der Waals surface area (Å²) in [4.78, 5) is 20.7. The van der Waals surface area contributed by atoms with Gasteiger partial charge in [0.25, 0.3) is 0 Å². The molecule has 0 heterocycles. The molecule has 0 aromatic heterocycles. The predicted molar refractivity (Wildman–Crippen MR) is 50.6 cm³/mol. The highest BCUT2D eigenvalue weighted by molar-refractivity contribution is 5.66. The van der Waals surface area contributed by atoms with Crippen molar-refractivity contribution in [3.05, 3.63) is 40.8 Å². The maximum atomic E-state index is 10.8. The summed E-state index contributed by atoms with van der Waals surface area (Å²) in [5.74, 6) is -0.167. The highest BCUT2D eigenvalue weighted by Gasteiger charge is 2.18. The Balaban J connectivity index is 3.06. The lowest BCUT2D eigenvalue weighted by Crippen LogP contribution is -2.08. The van der Waals surface area contributed by atoms with E-state index in [0.717, 1.165) is 7.11 Å². The maximum absolute atomic E-state index is 10.8. The van der Waals surface area contributed by atoms with E-state index in [1.165, 1.54) is 18.2 Å². The minimum absolute atomic E-state index is 0.167. The summed E-state index contributed by atoms with van der Waals surface area (Å²) < 4.78 is 8.80. The molecule has 0 N–H and O–H groups in total. The van der Waals surface area contributed by atoms with Crippen LogP contribution in [0.15, 0.2) is 18.2 Å². The Labute approximate surface area is 85.6 Å². The number of ether oxygens (including phenoxy) is 2. The van der Waals surface area contributed by atoms with Gasteiger partial charge < -0.3 is 9.47 Å². The van der Waals surface area contributed by atoms with Crippen LogP contribution in [0, 0.1) is 17.0 Å². The Bertz CT molecular complexity index is 401. The van der Waals surface area contributed by atoms with Gasteiger partial charge in [0.2, 0.25) is 5.75 Å². The Morgan fingerprint density at radius 3 is 2.73 bits per heavy atom. The van der Waals surface area contributed by atoms with Crippen molar-refractivity contribution in [2.75, 3.05) is 7.11 Å². The van der Waals surface area contributed by atoms with E-state index < -0.39 is 11.1 Å². The second kappa shape index (κ2) is 4.41. The first kappa shape index (κ1) is 11.0. The standard InChI is InChI=1S/C9H8NO5/c1-6-3-4-8(15-9(11)14-2)7(5-6)10(12)13/h3-5H,1H2,2H3. The molecule has 0 aliphatic heterocycles. The molecule has 0 fully saturated rings. The first-order valence-electron chi connectivity index (χ1n) is 3.91. The zero-order valence-corrected chi connectivity index (χ0v) is 7.93. The molecule has 6 heteroatoms. The molecule has 0 aliphatic rings. The van der Waals surface area contributed by atoms with Crippen molar-refractivity contribution in [3.8, 4) is 5.75 Å². The molecule has 1 radical (unpaired) electrons. The third-order valence-electron chi connectivity index (χ3n) is 1.58. The predicted octanol–water partition coefficient (Wildman–Crippen LogP) is 1.92. The second-order valence-electron chi connectivity index (χ2n) is 2.62. The number of nitro benzene ring substituents is 1. The maximum Gasteiger partial charge on any atom is 0.513 e. The molecule has 0 saturated heterocycles. The van der Waals surface area contributed by atoms with Crippen molar-refractivity contribution in [2.45, 2.75) is 0 Å². The Hall–Kier alpha value is -2.11. The second-order valence-corrected chi connectivity index (χ2v) is 2.62. The lowest BCUT2D eigenvalue weighted by molar-refractivity contribution is -0.385. The lowest BCUT2D eigenvalue weighted by Gasteiger charge is -2.03. The average Bonchev–Trinajstić information content (AvgIpc) is 2.20. The van der Waals surface area contributed by atoms with Gasteiger partial charge in [-0.3, -0.25) is 10.1 Å². The minimum Gasteiger partial charge on any atom is -0.437 e. The normalized spacial score (nSPS) is 9.47. The van der Waals surface area contributed by atoms with Crippen LogP contribution in [0.3, 0.4) is 0 Å². The summed E-state index contributed by atoms with van der Waals surface area (Å²) in [6.07, 6.45) is -1.00. The van der Waals surface area contributed by atoms with Crippen molar-refractivity contribution >= 4 is 11.8 Å². The molecule has 0 unspecified atom stereocenters. The van der Waals surface area contributed by atoms with E-state index in [1.807, 2.05) is 0 Å². The summed E-state index contributed by atoms with van der Waals surface area (Å²) >= 11 is 0. The Morgan fingerprint density at radius 1 is 1.53 bits per heavy atom. The van der Waals surface area contributed by atoms with E-state index in [1.54, 1.807) is 0 Å². The third-order valence-corrected chi connectivity index (χ3v) is 1.58. The Kier molecular flexibility index (Phi) is 3.22. The molecule has 0 spiro atoms. The molecule has 0 amide bonds. The van der Waals surface area contributed by atoms with Crippen molar-refractivity contribution in [1.29, 1.82) is 0 Å². The van der Waals surface area contributed by atoms with Gasteiger partial charge in [0.1, 0.15) is 0 Å². The number of benzene rings is 1. The summed E-state index contributed by atoms with van der Waals surface area (Å²) in [6.45, 7) is 3.53. The minimum atomic E-state index is -1.00. The molecule has 6 nitrogen and oxygen atoms in total. The van der Waals surface area contributed by atoms with E-state index in [4.69, 9.17) is 0 Å². The van der Waals surface area contributed by atoms with Crippen molar-refractivity contribution in [1.82, 2.24) is 0 Å². The zero-order valence-electron chi connectivity index (χ0n) is 7.93. The van der Waals surface area contributed by atoms with Gasteiger partial charge in [0.15, 0.2) is 0 Å². The van der Waals surface area contributed by atoms with E-state index in [-0.39, 0.29) is 11.4 Å². The number of carbonyl (C=O) groups excluding carboxylic acids is 1. The van der Waals surface area contributed by atoms with Gasteiger partial charge in [0, 0.05) is 6.07 Å². The number of nitro groups is 1. The molecule has 0 atom stereocenters. The monoisotopic (exact) mass is 210 g/mol. The lowest BCUT2D eigenvalue weighted by atomic mass is 10.2. The number of hydrogen-bond donors (Lipinski definition) is 0. The molecule has 79 valence electrons. The van der Waals surface area contributed by atoms with E-state index in [9.17, 15) is 14.9 Å². The molecule has 0 bridgehead atoms. The Morgan fingerprint density at radius 2 is 2.20 bits per heavy atom. The smallest absolute Gasteiger partial charge is 0.437 e. The van der Waals surface area contributed by atoms with Gasteiger partial charge in [-0.2, -0.15) is 0 Å². The number of carbonyl (C=O) groups is 1. The quantitative estimate of drug-likeness (QED) is 0.322. The van der Waals surface area contributed by atoms with Gasteiger partial charge in [-0.1, -0.05) is 6.07 Å². The average molecular weight is 210 g/mol. The van der Waals surface area contributed by atoms with Gasteiger partial charge >= 0.3 is 11.8 Å². The first-order valence-corrected chi connectivity index (χ1v) is 3.91. The van der Waals surface area contributed by atoms with Gasteiger partial charge in [0.05, 0.1) is 12.0 Å². The number of methoxy groups -OCH3 is 1. The van der Waals surface area contributed by atoms with Crippen LogP contribution in [-0.4, -0.2) is 18.2 Å². The number of hydrogen-bond acceptors (Lipinski definition) is 5. The van der Waals surface area contributed by atoms with Gasteiger partial charge in [-0.15, -0.1) is 0 Å². The van der Waals surface area contributed by atoms with Crippen LogP contribution in [0.1, 0.15) is 5.56 Å². The van der Waals surface area contributed by atoms with Crippen molar-refractivity contribution in [3.63, 3.8) is 0 Å². The number of nitrogens with zero attached hydrogens (tertiary/aromatic N) is 1. The fraction of sp³-hybridized carbons (Fsp3) is 0.111. The summed E-state index contributed by atoms with van der Waals surface area (Å²) in [5, 5.41) is 10.6. The van der Waals surface area contributed by atoms with Crippen LogP contribution in [-0.2, 0) is 4.74 Å². The van der Waals surface area contributed by atoms with Crippen molar-refractivity contribution < 1.29 is 19.2 Å². The van der Waals surface area contributed by atoms with Crippen LogP contribution < -0.4 is 4.74 Å². The molecule has 0 saturated carbocycles. The van der Waals surface area contributed by atoms with E-state index in [0.29, 0.717) is 5.56 Å². The molecule has 1 aromatic carbocycles. The topological polar surface area (TPSA) is 78.7 Å². The third kappa shape index (κ3) is 2.67. The fourth-order valence-corrected chi connectivity index (χ4v) is 0.923. The number of rotatable bonds is 2.